The van der Waals surface area contributed by atoms with Crippen molar-refractivity contribution in [3.05, 3.63) is 57.9 Å². The van der Waals surface area contributed by atoms with E-state index in [4.69, 9.17) is 4.42 Å². The van der Waals surface area contributed by atoms with E-state index in [9.17, 15) is 9.90 Å². The molecular weight excluding hydrogens is 456 g/mol. The summed E-state index contributed by atoms with van der Waals surface area (Å²) in [7, 11) is 0. The molecule has 1 saturated carbocycles. The standard InChI is InChI=1S/C29H32N2O3S/c1-5-17-10-19-25(33)21(27-30-22-8-6-7-9-23(22)35-27)14-34-26(19)20(24(17)32)13-31-16-29(4)12-18(31)11-28(2,3)15-29/h6-10,14,18,32H,5,11-13,15-16H2,1-4H3/t18-,29+/m1/s1. The number of likely N-dealkylation sites (tertiary alicyclic amines) is 1. The molecule has 6 rings (SSSR count). The molecule has 3 heterocycles. The zero-order chi connectivity index (χ0) is 24.5. The first-order chi connectivity index (χ1) is 16.7. The number of nitrogens with zero attached hydrogens (tertiary/aromatic N) is 2. The maximum atomic E-state index is 13.7. The average Bonchev–Trinajstić information content (AvgIpc) is 3.32. The number of para-hydroxylation sites is 1. The van der Waals surface area contributed by atoms with Gasteiger partial charge < -0.3 is 9.52 Å². The number of hydrogen-bond donors (Lipinski definition) is 1. The normalized spacial score (nSPS) is 23.9. The Morgan fingerprint density at radius 2 is 2.03 bits per heavy atom. The number of benzene rings is 2. The first kappa shape index (κ1) is 22.7. The molecule has 2 atom stereocenters. The van der Waals surface area contributed by atoms with Crippen LogP contribution >= 0.6 is 11.3 Å². The van der Waals surface area contributed by atoms with E-state index in [-0.39, 0.29) is 11.2 Å². The minimum atomic E-state index is -0.0884. The molecule has 1 N–H and O–H groups in total. The van der Waals surface area contributed by atoms with Gasteiger partial charge in [0.05, 0.1) is 26.7 Å². The summed E-state index contributed by atoms with van der Waals surface area (Å²) in [6.45, 7) is 10.7. The number of phenolic OH excluding ortho intramolecular Hbond substituents is 1. The number of thiazole rings is 1. The van der Waals surface area contributed by atoms with Crippen molar-refractivity contribution in [2.75, 3.05) is 6.54 Å². The molecule has 0 amide bonds. The maximum absolute atomic E-state index is 13.7. The highest BCUT2D eigenvalue weighted by molar-refractivity contribution is 7.21. The number of hydrogen-bond acceptors (Lipinski definition) is 6. The predicted octanol–water partition coefficient (Wildman–Crippen LogP) is 6.74. The van der Waals surface area contributed by atoms with Gasteiger partial charge in [-0.3, -0.25) is 9.69 Å². The molecule has 5 nitrogen and oxygen atoms in total. The highest BCUT2D eigenvalue weighted by Crippen LogP contribution is 2.53. The Morgan fingerprint density at radius 3 is 2.80 bits per heavy atom. The molecule has 2 fully saturated rings. The molecule has 2 aromatic carbocycles. The fraction of sp³-hybridized carbons (Fsp3) is 0.448. The van der Waals surface area contributed by atoms with Gasteiger partial charge in [-0.15, -0.1) is 11.3 Å². The second-order valence-corrected chi connectivity index (χ2v) is 12.7. The van der Waals surface area contributed by atoms with E-state index >= 15 is 0 Å². The van der Waals surface area contributed by atoms with Crippen molar-refractivity contribution >= 4 is 32.5 Å². The van der Waals surface area contributed by atoms with Crippen LogP contribution in [0.5, 0.6) is 5.75 Å². The van der Waals surface area contributed by atoms with E-state index in [2.05, 4.69) is 30.7 Å². The fourth-order valence-electron chi connectivity index (χ4n) is 6.91. The van der Waals surface area contributed by atoms with Crippen molar-refractivity contribution in [1.82, 2.24) is 9.88 Å². The Kier molecular flexibility index (Phi) is 5.14. The summed E-state index contributed by atoms with van der Waals surface area (Å²) in [5, 5.41) is 12.4. The monoisotopic (exact) mass is 488 g/mol. The van der Waals surface area contributed by atoms with Crippen molar-refractivity contribution in [1.29, 1.82) is 0 Å². The second-order valence-electron chi connectivity index (χ2n) is 11.7. The van der Waals surface area contributed by atoms with Gasteiger partial charge in [0.1, 0.15) is 22.6 Å². The average molecular weight is 489 g/mol. The Labute approximate surface area is 209 Å². The third-order valence-electron chi connectivity index (χ3n) is 8.00. The summed E-state index contributed by atoms with van der Waals surface area (Å²) >= 11 is 1.50. The number of aromatic hydroxyl groups is 1. The number of aryl methyl sites for hydroxylation is 1. The summed E-state index contributed by atoms with van der Waals surface area (Å²) in [5.41, 5.74) is 3.90. The van der Waals surface area contributed by atoms with Crippen LogP contribution in [0.2, 0.25) is 0 Å². The van der Waals surface area contributed by atoms with Gasteiger partial charge in [0, 0.05) is 19.1 Å². The molecule has 6 heteroatoms. The first-order valence-electron chi connectivity index (χ1n) is 12.6. The van der Waals surface area contributed by atoms with E-state index in [1.807, 2.05) is 37.3 Å². The van der Waals surface area contributed by atoms with Crippen molar-refractivity contribution in [3.8, 4) is 16.3 Å². The predicted molar refractivity (Wildman–Crippen MR) is 142 cm³/mol. The van der Waals surface area contributed by atoms with Crippen molar-refractivity contribution in [2.45, 2.75) is 66.0 Å². The smallest absolute Gasteiger partial charge is 0.202 e. The largest absolute Gasteiger partial charge is 0.507 e. The highest BCUT2D eigenvalue weighted by atomic mass is 32.1. The maximum Gasteiger partial charge on any atom is 0.202 e. The van der Waals surface area contributed by atoms with Gasteiger partial charge in [0.15, 0.2) is 0 Å². The molecule has 2 aromatic heterocycles. The molecule has 0 unspecified atom stereocenters. The van der Waals surface area contributed by atoms with Gasteiger partial charge in [-0.2, -0.15) is 0 Å². The van der Waals surface area contributed by atoms with E-state index in [1.165, 1.54) is 30.4 Å². The Morgan fingerprint density at radius 1 is 1.23 bits per heavy atom. The molecule has 4 aromatic rings. The minimum Gasteiger partial charge on any atom is -0.507 e. The molecule has 2 aliphatic rings. The van der Waals surface area contributed by atoms with E-state index in [0.717, 1.165) is 34.3 Å². The zero-order valence-corrected chi connectivity index (χ0v) is 21.7. The molecule has 182 valence electrons. The van der Waals surface area contributed by atoms with E-state index in [1.54, 1.807) is 0 Å². The van der Waals surface area contributed by atoms with Gasteiger partial charge >= 0.3 is 0 Å². The Hall–Kier alpha value is -2.70. The van der Waals surface area contributed by atoms with Crippen molar-refractivity contribution < 1.29 is 9.52 Å². The lowest BCUT2D eigenvalue weighted by atomic mass is 9.65. The molecule has 1 saturated heterocycles. The summed E-state index contributed by atoms with van der Waals surface area (Å²) in [5.74, 6) is 0.266. The van der Waals surface area contributed by atoms with Gasteiger partial charge in [-0.1, -0.05) is 39.8 Å². The van der Waals surface area contributed by atoms with Crippen LogP contribution < -0.4 is 5.43 Å². The topological polar surface area (TPSA) is 66.6 Å². The van der Waals surface area contributed by atoms with E-state index < -0.39 is 0 Å². The quantitative estimate of drug-likeness (QED) is 0.345. The van der Waals surface area contributed by atoms with Gasteiger partial charge in [-0.25, -0.2) is 4.98 Å². The van der Waals surface area contributed by atoms with Gasteiger partial charge in [0.25, 0.3) is 0 Å². The number of rotatable bonds is 4. The molecule has 0 spiro atoms. The third-order valence-corrected chi connectivity index (χ3v) is 9.07. The molecule has 1 aliphatic carbocycles. The summed E-state index contributed by atoms with van der Waals surface area (Å²) in [6, 6.07) is 10.2. The number of aromatic nitrogens is 1. The van der Waals surface area contributed by atoms with Gasteiger partial charge in [-0.05, 0) is 60.3 Å². The molecule has 0 radical (unpaired) electrons. The SMILES string of the molecule is CCc1cc2c(=O)c(-c3nc4ccccc4s3)coc2c(CN2C[C@@]3(C)C[C@H]2CC(C)(C)C3)c1O. The molecule has 35 heavy (non-hydrogen) atoms. The number of phenols is 1. The van der Waals surface area contributed by atoms with Crippen LogP contribution in [-0.4, -0.2) is 27.6 Å². The molecule has 2 bridgehead atoms. The first-order valence-corrected chi connectivity index (χ1v) is 13.4. The summed E-state index contributed by atoms with van der Waals surface area (Å²) in [6.07, 6.45) is 5.74. The second kappa shape index (κ2) is 7.90. The van der Waals surface area contributed by atoms with E-state index in [0.29, 0.717) is 51.4 Å². The van der Waals surface area contributed by atoms with Crippen LogP contribution in [0.1, 0.15) is 58.1 Å². The van der Waals surface area contributed by atoms with Crippen LogP contribution in [0.3, 0.4) is 0 Å². The lowest BCUT2D eigenvalue weighted by molar-refractivity contribution is 0.126. The fourth-order valence-corrected chi connectivity index (χ4v) is 7.88. The zero-order valence-electron chi connectivity index (χ0n) is 20.9. The highest BCUT2D eigenvalue weighted by Gasteiger charge is 2.49. The van der Waals surface area contributed by atoms with Crippen LogP contribution in [-0.2, 0) is 13.0 Å². The van der Waals surface area contributed by atoms with Crippen molar-refractivity contribution in [2.24, 2.45) is 10.8 Å². The molecular formula is C29H32N2O3S. The number of fused-ring (bicyclic) bond motifs is 4. The lowest BCUT2D eigenvalue weighted by Crippen LogP contribution is -2.34. The minimum absolute atomic E-state index is 0.0884. The Bertz CT molecular complexity index is 1480. The third kappa shape index (κ3) is 3.78. The summed E-state index contributed by atoms with van der Waals surface area (Å²) < 4.78 is 7.19. The van der Waals surface area contributed by atoms with Crippen molar-refractivity contribution in [3.63, 3.8) is 0 Å². The van der Waals surface area contributed by atoms with Crippen LogP contribution in [0.15, 0.2) is 45.8 Å². The Balaban J connectivity index is 1.46. The van der Waals surface area contributed by atoms with Crippen LogP contribution in [0, 0.1) is 10.8 Å². The van der Waals surface area contributed by atoms with Crippen LogP contribution in [0.4, 0.5) is 0 Å². The summed E-state index contributed by atoms with van der Waals surface area (Å²) in [4.78, 5) is 20.9. The lowest BCUT2D eigenvalue weighted by Gasteiger charge is -2.40. The van der Waals surface area contributed by atoms with Crippen LogP contribution in [0.25, 0.3) is 31.8 Å². The molecule has 1 aliphatic heterocycles. The van der Waals surface area contributed by atoms with Gasteiger partial charge in [0.2, 0.25) is 5.43 Å².